The van der Waals surface area contributed by atoms with Gasteiger partial charge < -0.3 is 45.4 Å². The van der Waals surface area contributed by atoms with E-state index < -0.39 is 61.5 Å². The Balaban J connectivity index is 2.54. The van der Waals surface area contributed by atoms with Crippen LogP contribution in [0.4, 0.5) is 0 Å². The van der Waals surface area contributed by atoms with Crippen LogP contribution in [-0.4, -0.2) is 98.7 Å². The number of aliphatic hydroxyl groups excluding tert-OH is 6. The van der Waals surface area contributed by atoms with Crippen LogP contribution < -0.4 is 5.32 Å². The van der Waals surface area contributed by atoms with Gasteiger partial charge in [0, 0.05) is 0 Å². The molecule has 0 spiro atoms. The van der Waals surface area contributed by atoms with E-state index in [9.17, 15) is 35.4 Å². The molecule has 8 atom stereocenters. The normalized spacial score (nSPS) is 22.7. The molecule has 0 bridgehead atoms. The number of hydrogen-bond donors (Lipinski definition) is 7. The van der Waals surface area contributed by atoms with E-state index in [2.05, 4.69) is 32.2 Å². The summed E-state index contributed by atoms with van der Waals surface area (Å²) in [6.45, 7) is 5.72. The number of hydrogen-bond acceptors (Lipinski definition) is 9. The Morgan fingerprint density at radius 2 is 1.23 bits per heavy atom. The highest BCUT2D eigenvalue weighted by atomic mass is 16.7. The summed E-state index contributed by atoms with van der Waals surface area (Å²) in [7, 11) is 0. The van der Waals surface area contributed by atoms with Crippen molar-refractivity contribution in [2.45, 2.75) is 230 Å². The molecule has 1 saturated heterocycles. The minimum absolute atomic E-state index is 0.306. The summed E-state index contributed by atoms with van der Waals surface area (Å²) in [6.07, 6.45) is 24.9. The lowest BCUT2D eigenvalue weighted by Gasteiger charge is -2.40. The first-order valence-electron chi connectivity index (χ1n) is 21.6. The van der Waals surface area contributed by atoms with Gasteiger partial charge in [-0.25, -0.2) is 0 Å². The van der Waals surface area contributed by atoms with Gasteiger partial charge >= 0.3 is 0 Å². The Kier molecular flexibility index (Phi) is 30.8. The first-order valence-corrected chi connectivity index (χ1v) is 21.6. The van der Waals surface area contributed by atoms with Crippen molar-refractivity contribution in [3.8, 4) is 0 Å². The molecule has 1 fully saturated rings. The van der Waals surface area contributed by atoms with Crippen LogP contribution in [0.1, 0.15) is 181 Å². The minimum atomic E-state index is -1.61. The summed E-state index contributed by atoms with van der Waals surface area (Å²) < 4.78 is 11.1. The third-order valence-electron chi connectivity index (χ3n) is 10.5. The molecule has 7 N–H and O–H groups in total. The highest BCUT2D eigenvalue weighted by Gasteiger charge is 2.44. The van der Waals surface area contributed by atoms with Gasteiger partial charge in [-0.15, -0.1) is 0 Å². The number of unbranched alkanes of at least 4 members (excludes halogenated alkanes) is 20. The highest BCUT2D eigenvalue weighted by Crippen LogP contribution is 2.23. The molecule has 10 nitrogen and oxygen atoms in total. The minimum Gasteiger partial charge on any atom is -0.394 e. The molecule has 0 aromatic carbocycles. The summed E-state index contributed by atoms with van der Waals surface area (Å²) in [5.74, 6) is -0.626. The lowest BCUT2D eigenvalue weighted by molar-refractivity contribution is -0.302. The van der Waals surface area contributed by atoms with Crippen LogP contribution in [0.5, 0.6) is 0 Å². The molecule has 0 radical (unpaired) electrons. The van der Waals surface area contributed by atoms with E-state index in [0.29, 0.717) is 19.3 Å². The average Bonchev–Trinajstić information content (AvgIpc) is 3.15. The van der Waals surface area contributed by atoms with Crippen LogP contribution in [0.15, 0.2) is 23.8 Å². The van der Waals surface area contributed by atoms with Crippen LogP contribution in [0, 0.1) is 0 Å². The van der Waals surface area contributed by atoms with Crippen LogP contribution in [0.25, 0.3) is 0 Å². The fourth-order valence-corrected chi connectivity index (χ4v) is 6.83. The second-order valence-corrected chi connectivity index (χ2v) is 15.5. The van der Waals surface area contributed by atoms with Gasteiger partial charge in [0.1, 0.15) is 30.5 Å². The van der Waals surface area contributed by atoms with Crippen molar-refractivity contribution < 1.29 is 44.9 Å². The number of allylic oxidation sites excluding steroid dienone is 3. The van der Waals surface area contributed by atoms with Gasteiger partial charge in [0.15, 0.2) is 6.29 Å². The molecule has 1 amide bonds. The van der Waals surface area contributed by atoms with Gasteiger partial charge in [0.2, 0.25) is 5.91 Å². The number of aliphatic hydroxyl groups is 6. The molecule has 0 aliphatic carbocycles. The van der Waals surface area contributed by atoms with Gasteiger partial charge in [-0.3, -0.25) is 4.79 Å². The summed E-state index contributed by atoms with van der Waals surface area (Å²) in [5, 5.41) is 64.6. The number of nitrogens with one attached hydrogen (secondary N) is 1. The molecule has 1 rings (SSSR count). The Bertz CT molecular complexity index is 929. The van der Waals surface area contributed by atoms with E-state index in [0.717, 1.165) is 32.1 Å². The molecular weight excluding hydrogens is 674 g/mol. The van der Waals surface area contributed by atoms with Gasteiger partial charge in [-0.1, -0.05) is 166 Å². The molecule has 0 aromatic heterocycles. The fraction of sp³-hybridized carbons (Fsp3) is 0.884. The van der Waals surface area contributed by atoms with Crippen molar-refractivity contribution in [3.63, 3.8) is 0 Å². The number of ether oxygens (including phenoxy) is 2. The molecule has 0 saturated carbocycles. The Morgan fingerprint density at radius 1 is 0.717 bits per heavy atom. The summed E-state index contributed by atoms with van der Waals surface area (Å²) >= 11 is 0. The highest BCUT2D eigenvalue weighted by molar-refractivity contribution is 5.80. The van der Waals surface area contributed by atoms with Crippen LogP contribution in [0.2, 0.25) is 0 Å². The SMILES string of the molecule is CCCCCCCCCCCCCCCCC(O)C(=O)NC(CO[C@@H]1O[C@H](CO)[C@@H](O)[C@H](O)[C@H]1O)C(O)/C=C/CC/C=C(\C)CCCCCCCCC. The first kappa shape index (κ1) is 49.6. The maximum atomic E-state index is 13.0. The number of carbonyl (C=O) groups is 1. The molecule has 312 valence electrons. The van der Waals surface area contributed by atoms with Crippen molar-refractivity contribution in [2.24, 2.45) is 0 Å². The predicted molar refractivity (Wildman–Crippen MR) is 213 cm³/mol. The molecular formula is C43H81NO9. The first-order chi connectivity index (χ1) is 25.7. The van der Waals surface area contributed by atoms with Crippen LogP contribution >= 0.6 is 0 Å². The van der Waals surface area contributed by atoms with E-state index in [1.807, 2.05) is 6.08 Å². The van der Waals surface area contributed by atoms with E-state index in [1.54, 1.807) is 6.08 Å². The molecule has 10 heteroatoms. The van der Waals surface area contributed by atoms with Crippen molar-refractivity contribution in [3.05, 3.63) is 23.8 Å². The lowest BCUT2D eigenvalue weighted by atomic mass is 9.99. The largest absolute Gasteiger partial charge is 0.394 e. The molecule has 3 unspecified atom stereocenters. The second kappa shape index (κ2) is 32.8. The smallest absolute Gasteiger partial charge is 0.249 e. The summed E-state index contributed by atoms with van der Waals surface area (Å²) in [6, 6.07) is -0.994. The zero-order valence-electron chi connectivity index (χ0n) is 33.9. The molecule has 1 aliphatic rings. The quantitative estimate of drug-likeness (QED) is 0.0263. The summed E-state index contributed by atoms with van der Waals surface area (Å²) in [4.78, 5) is 13.0. The Morgan fingerprint density at radius 3 is 1.75 bits per heavy atom. The number of carbonyl (C=O) groups excluding carboxylic acids is 1. The fourth-order valence-electron chi connectivity index (χ4n) is 6.83. The van der Waals surface area contributed by atoms with Gasteiger partial charge in [0.25, 0.3) is 0 Å². The van der Waals surface area contributed by atoms with E-state index in [1.165, 1.54) is 115 Å². The van der Waals surface area contributed by atoms with E-state index >= 15 is 0 Å². The predicted octanol–water partition coefficient (Wildman–Crippen LogP) is 7.30. The van der Waals surface area contributed by atoms with Gasteiger partial charge in [-0.2, -0.15) is 0 Å². The van der Waals surface area contributed by atoms with Gasteiger partial charge in [0.05, 0.1) is 25.4 Å². The average molecular weight is 756 g/mol. The maximum Gasteiger partial charge on any atom is 0.249 e. The van der Waals surface area contributed by atoms with Crippen LogP contribution in [-0.2, 0) is 14.3 Å². The standard InChI is InChI=1S/C43H81NO9/c1-4-6-8-10-12-13-14-15-16-17-18-20-22-26-31-37(47)42(51)44-35(33-52-43-41(50)40(49)39(48)38(32-45)53-43)36(46)30-27-23-25-29-34(3)28-24-21-19-11-9-7-5-2/h27,29-30,35-41,43,45-50H,4-26,28,31-33H2,1-3H3,(H,44,51)/b30-27+,34-29+/t35?,36?,37?,38-,39-,40+,41-,43-/m1/s1. The van der Waals surface area contributed by atoms with Crippen molar-refractivity contribution in [2.75, 3.05) is 13.2 Å². The number of rotatable bonds is 34. The Hall–Kier alpha value is -1.37. The zero-order chi connectivity index (χ0) is 39.1. The third kappa shape index (κ3) is 24.0. The molecule has 1 heterocycles. The van der Waals surface area contributed by atoms with E-state index in [-0.39, 0.29) is 6.61 Å². The van der Waals surface area contributed by atoms with Crippen molar-refractivity contribution in [1.82, 2.24) is 5.32 Å². The topological polar surface area (TPSA) is 169 Å². The molecule has 53 heavy (non-hydrogen) atoms. The monoisotopic (exact) mass is 756 g/mol. The Labute approximate surface area is 322 Å². The van der Waals surface area contributed by atoms with Crippen LogP contribution in [0.3, 0.4) is 0 Å². The second-order valence-electron chi connectivity index (χ2n) is 15.5. The van der Waals surface area contributed by atoms with Gasteiger partial charge in [-0.05, 0) is 39.0 Å². The summed E-state index contributed by atoms with van der Waals surface area (Å²) in [5.41, 5.74) is 1.36. The number of amides is 1. The van der Waals surface area contributed by atoms with Crippen molar-refractivity contribution in [1.29, 1.82) is 0 Å². The maximum absolute atomic E-state index is 13.0. The van der Waals surface area contributed by atoms with Crippen molar-refractivity contribution >= 4 is 5.91 Å². The molecule has 1 aliphatic heterocycles. The zero-order valence-corrected chi connectivity index (χ0v) is 33.9. The molecule has 0 aromatic rings. The van der Waals surface area contributed by atoms with E-state index in [4.69, 9.17) is 9.47 Å². The lowest BCUT2D eigenvalue weighted by Crippen LogP contribution is -2.60. The third-order valence-corrected chi connectivity index (χ3v) is 10.5.